The number of hydrogen-bond acceptors (Lipinski definition) is 4. The van der Waals surface area contributed by atoms with Crippen LogP contribution in [0.25, 0.3) is 0 Å². The van der Waals surface area contributed by atoms with Crippen molar-refractivity contribution in [2.24, 2.45) is 5.73 Å². The zero-order valence-electron chi connectivity index (χ0n) is 15.5. The highest BCUT2D eigenvalue weighted by Gasteiger charge is 2.16. The maximum atomic E-state index is 6.05. The van der Waals surface area contributed by atoms with Gasteiger partial charge in [0.2, 0.25) is 0 Å². The summed E-state index contributed by atoms with van der Waals surface area (Å²) in [6.07, 6.45) is 3.07. The molecular formula is C21H29NO3. The van der Waals surface area contributed by atoms with Gasteiger partial charge < -0.3 is 19.9 Å². The zero-order chi connectivity index (χ0) is 18.1. The van der Waals surface area contributed by atoms with E-state index in [1.807, 2.05) is 30.3 Å². The van der Waals surface area contributed by atoms with Crippen molar-refractivity contribution >= 4 is 0 Å². The molecule has 0 spiro atoms. The summed E-state index contributed by atoms with van der Waals surface area (Å²) in [6, 6.07) is 14.2. The Morgan fingerprint density at radius 2 is 1.68 bits per heavy atom. The predicted octanol–water partition coefficient (Wildman–Crippen LogP) is 4.17. The smallest absolute Gasteiger partial charge is 0.126 e. The Balaban J connectivity index is 2.09. The molecule has 2 N–H and O–H groups in total. The molecule has 4 nitrogen and oxygen atoms in total. The lowest BCUT2D eigenvalue weighted by atomic mass is 9.91. The van der Waals surface area contributed by atoms with Crippen molar-refractivity contribution < 1.29 is 14.2 Å². The molecule has 4 heteroatoms. The summed E-state index contributed by atoms with van der Waals surface area (Å²) in [4.78, 5) is 0. The Bertz CT molecular complexity index is 640. The molecule has 1 unspecified atom stereocenters. The van der Waals surface area contributed by atoms with Gasteiger partial charge in [0.05, 0.1) is 20.8 Å². The van der Waals surface area contributed by atoms with Crippen LogP contribution in [0.1, 0.15) is 36.8 Å². The number of hydrogen-bond donors (Lipinski definition) is 1. The number of unbranched alkanes of at least 4 members (excludes halogenated alkanes) is 1. The average Bonchev–Trinajstić information content (AvgIpc) is 2.67. The van der Waals surface area contributed by atoms with Gasteiger partial charge in [-0.05, 0) is 48.7 Å². The number of nitrogens with two attached hydrogens (primary N) is 1. The Kier molecular flexibility index (Phi) is 7.61. The largest absolute Gasteiger partial charge is 0.497 e. The molecule has 1 atom stereocenters. The van der Waals surface area contributed by atoms with Crippen molar-refractivity contribution in [3.8, 4) is 17.2 Å². The molecule has 0 saturated heterocycles. The number of rotatable bonds is 10. The average molecular weight is 343 g/mol. The third-order valence-electron chi connectivity index (χ3n) is 4.34. The van der Waals surface area contributed by atoms with Crippen LogP contribution in [0.15, 0.2) is 42.5 Å². The van der Waals surface area contributed by atoms with E-state index in [4.69, 9.17) is 19.9 Å². The van der Waals surface area contributed by atoms with Gasteiger partial charge >= 0.3 is 0 Å². The molecular weight excluding hydrogens is 314 g/mol. The Labute approximate surface area is 150 Å². The second kappa shape index (κ2) is 9.94. The first kappa shape index (κ1) is 19.1. The fraction of sp³-hybridized carbons (Fsp3) is 0.429. The SMILES string of the molecule is CCCCOc1ccc(CC(CN)c2ccc(OC)cc2OC)cc1. The van der Waals surface area contributed by atoms with E-state index in [9.17, 15) is 0 Å². The molecule has 0 amide bonds. The van der Waals surface area contributed by atoms with Gasteiger partial charge in [-0.1, -0.05) is 31.5 Å². The fourth-order valence-corrected chi connectivity index (χ4v) is 2.82. The Hall–Kier alpha value is -2.20. The molecule has 2 aromatic carbocycles. The van der Waals surface area contributed by atoms with Gasteiger partial charge in [0, 0.05) is 12.0 Å². The van der Waals surface area contributed by atoms with E-state index < -0.39 is 0 Å². The Morgan fingerprint density at radius 1 is 0.960 bits per heavy atom. The maximum absolute atomic E-state index is 6.05. The van der Waals surface area contributed by atoms with E-state index in [-0.39, 0.29) is 5.92 Å². The standard InChI is InChI=1S/C21H29NO3/c1-4-5-12-25-18-8-6-16(7-9-18)13-17(15-22)20-11-10-19(23-2)14-21(20)24-3/h6-11,14,17H,4-5,12-13,15,22H2,1-3H3. The van der Waals surface area contributed by atoms with Crippen molar-refractivity contribution in [3.05, 3.63) is 53.6 Å². The highest BCUT2D eigenvalue weighted by molar-refractivity contribution is 5.43. The minimum Gasteiger partial charge on any atom is -0.497 e. The minimum atomic E-state index is 0.188. The maximum Gasteiger partial charge on any atom is 0.126 e. The number of ether oxygens (including phenoxy) is 3. The van der Waals surface area contributed by atoms with Crippen LogP contribution in [0.3, 0.4) is 0 Å². The van der Waals surface area contributed by atoms with Gasteiger partial charge in [-0.3, -0.25) is 0 Å². The summed E-state index contributed by atoms with van der Waals surface area (Å²) < 4.78 is 16.5. The molecule has 0 bridgehead atoms. The van der Waals surface area contributed by atoms with Crippen molar-refractivity contribution in [2.45, 2.75) is 32.1 Å². The van der Waals surface area contributed by atoms with Crippen LogP contribution in [0.2, 0.25) is 0 Å². The van der Waals surface area contributed by atoms with Crippen LogP contribution in [0, 0.1) is 0 Å². The summed E-state index contributed by atoms with van der Waals surface area (Å²) in [6.45, 7) is 3.48. The fourth-order valence-electron chi connectivity index (χ4n) is 2.82. The van der Waals surface area contributed by atoms with Crippen molar-refractivity contribution in [1.29, 1.82) is 0 Å². The first-order valence-corrected chi connectivity index (χ1v) is 8.85. The zero-order valence-corrected chi connectivity index (χ0v) is 15.5. The molecule has 136 valence electrons. The van der Waals surface area contributed by atoms with Gasteiger partial charge in [0.25, 0.3) is 0 Å². The normalized spacial score (nSPS) is 11.8. The topological polar surface area (TPSA) is 53.7 Å². The van der Waals surface area contributed by atoms with Crippen LogP contribution >= 0.6 is 0 Å². The third-order valence-corrected chi connectivity index (χ3v) is 4.34. The minimum absolute atomic E-state index is 0.188. The summed E-state index contributed by atoms with van der Waals surface area (Å²) in [5.41, 5.74) is 8.38. The van der Waals surface area contributed by atoms with Crippen LogP contribution in [-0.4, -0.2) is 27.4 Å². The van der Waals surface area contributed by atoms with Gasteiger partial charge in [-0.15, -0.1) is 0 Å². The predicted molar refractivity (Wildman–Crippen MR) is 102 cm³/mol. The van der Waals surface area contributed by atoms with Gasteiger partial charge in [0.15, 0.2) is 0 Å². The highest BCUT2D eigenvalue weighted by Crippen LogP contribution is 2.32. The third kappa shape index (κ3) is 5.40. The quantitative estimate of drug-likeness (QED) is 0.658. The first-order valence-electron chi connectivity index (χ1n) is 8.85. The molecule has 0 saturated carbocycles. The molecule has 0 aliphatic rings. The van der Waals surface area contributed by atoms with Crippen LogP contribution < -0.4 is 19.9 Å². The van der Waals surface area contributed by atoms with Crippen molar-refractivity contribution in [3.63, 3.8) is 0 Å². The molecule has 0 radical (unpaired) electrons. The van der Waals surface area contributed by atoms with Gasteiger partial charge in [-0.2, -0.15) is 0 Å². The number of benzene rings is 2. The van der Waals surface area contributed by atoms with Crippen molar-refractivity contribution in [1.82, 2.24) is 0 Å². The molecule has 0 aliphatic carbocycles. The van der Waals surface area contributed by atoms with E-state index in [1.165, 1.54) is 5.56 Å². The molecule has 0 heterocycles. The monoisotopic (exact) mass is 343 g/mol. The summed E-state index contributed by atoms with van der Waals surface area (Å²) in [5.74, 6) is 2.70. The second-order valence-corrected chi connectivity index (χ2v) is 6.09. The molecule has 2 aromatic rings. The number of methoxy groups -OCH3 is 2. The summed E-state index contributed by atoms with van der Waals surface area (Å²) in [7, 11) is 3.33. The Morgan fingerprint density at radius 3 is 2.28 bits per heavy atom. The summed E-state index contributed by atoms with van der Waals surface area (Å²) in [5, 5.41) is 0. The van der Waals surface area contributed by atoms with E-state index >= 15 is 0 Å². The molecule has 0 aromatic heterocycles. The molecule has 0 aliphatic heterocycles. The second-order valence-electron chi connectivity index (χ2n) is 6.09. The van der Waals surface area contributed by atoms with Crippen LogP contribution in [-0.2, 0) is 6.42 Å². The molecule has 25 heavy (non-hydrogen) atoms. The van der Waals surface area contributed by atoms with E-state index in [0.29, 0.717) is 6.54 Å². The van der Waals surface area contributed by atoms with Gasteiger partial charge in [0.1, 0.15) is 17.2 Å². The lowest BCUT2D eigenvalue weighted by Crippen LogP contribution is -2.16. The molecule has 2 rings (SSSR count). The van der Waals surface area contributed by atoms with E-state index in [0.717, 1.165) is 48.7 Å². The van der Waals surface area contributed by atoms with Crippen LogP contribution in [0.5, 0.6) is 17.2 Å². The first-order chi connectivity index (χ1) is 12.2. The lowest BCUT2D eigenvalue weighted by Gasteiger charge is -2.19. The van der Waals surface area contributed by atoms with Crippen molar-refractivity contribution in [2.75, 3.05) is 27.4 Å². The van der Waals surface area contributed by atoms with Crippen LogP contribution in [0.4, 0.5) is 0 Å². The van der Waals surface area contributed by atoms with E-state index in [1.54, 1.807) is 14.2 Å². The van der Waals surface area contributed by atoms with E-state index in [2.05, 4.69) is 19.1 Å². The summed E-state index contributed by atoms with van der Waals surface area (Å²) >= 11 is 0. The molecule has 0 fully saturated rings. The highest BCUT2D eigenvalue weighted by atomic mass is 16.5. The lowest BCUT2D eigenvalue weighted by molar-refractivity contribution is 0.309. The van der Waals surface area contributed by atoms with Gasteiger partial charge in [-0.25, -0.2) is 0 Å².